The van der Waals surface area contributed by atoms with Crippen LogP contribution < -0.4 is 0 Å². The minimum Gasteiger partial charge on any atom is -0.237 e. The van der Waals surface area contributed by atoms with E-state index in [9.17, 15) is 0 Å². The fourth-order valence-electron chi connectivity index (χ4n) is 1.85. The number of hydrogen-bond donors (Lipinski definition) is 0. The summed E-state index contributed by atoms with van der Waals surface area (Å²) in [6.07, 6.45) is 2.83. The zero-order valence-electron chi connectivity index (χ0n) is 9.49. The Morgan fingerprint density at radius 3 is 2.80 bits per heavy atom. The molecule has 0 aliphatic carbocycles. The van der Waals surface area contributed by atoms with Crippen molar-refractivity contribution in [3.63, 3.8) is 0 Å². The van der Waals surface area contributed by atoms with Crippen molar-refractivity contribution in [3.05, 3.63) is 35.7 Å². The molecular formula is C13H16N2. The Morgan fingerprint density at radius 2 is 2.13 bits per heavy atom. The maximum Gasteiger partial charge on any atom is 0.159 e. The van der Waals surface area contributed by atoms with E-state index in [1.54, 1.807) is 6.20 Å². The Balaban J connectivity index is 2.69. The van der Waals surface area contributed by atoms with Crippen molar-refractivity contribution in [2.24, 2.45) is 0 Å². The van der Waals surface area contributed by atoms with Crippen LogP contribution in [0, 0.1) is 0 Å². The van der Waals surface area contributed by atoms with Gasteiger partial charge in [0.1, 0.15) is 0 Å². The minimum absolute atomic E-state index is 0.464. The van der Waals surface area contributed by atoms with Gasteiger partial charge in [-0.15, -0.1) is 0 Å². The minimum atomic E-state index is 0.464. The van der Waals surface area contributed by atoms with E-state index < -0.39 is 0 Å². The van der Waals surface area contributed by atoms with Crippen molar-refractivity contribution < 1.29 is 0 Å². The standard InChI is InChI=1S/C13H16N2/c1-4-10-8-11-6-5-7-14-13(11)15-12(10)9(2)3/h5-9H,4H2,1-3H3. The second-order valence-corrected chi connectivity index (χ2v) is 4.09. The Bertz CT molecular complexity index is 475. The monoisotopic (exact) mass is 200 g/mol. The molecule has 78 valence electrons. The highest BCUT2D eigenvalue weighted by Gasteiger charge is 2.09. The van der Waals surface area contributed by atoms with Gasteiger partial charge < -0.3 is 0 Å². The Kier molecular flexibility index (Phi) is 2.67. The van der Waals surface area contributed by atoms with Crippen LogP contribution in [-0.4, -0.2) is 9.97 Å². The van der Waals surface area contributed by atoms with Crippen LogP contribution in [0.25, 0.3) is 11.0 Å². The van der Waals surface area contributed by atoms with E-state index in [2.05, 4.69) is 42.9 Å². The first-order valence-electron chi connectivity index (χ1n) is 5.47. The third-order valence-corrected chi connectivity index (χ3v) is 2.63. The second-order valence-electron chi connectivity index (χ2n) is 4.09. The number of aromatic nitrogens is 2. The molecule has 2 heteroatoms. The van der Waals surface area contributed by atoms with Crippen LogP contribution in [0.2, 0.25) is 0 Å². The van der Waals surface area contributed by atoms with Crippen molar-refractivity contribution in [2.45, 2.75) is 33.1 Å². The molecule has 0 saturated carbocycles. The van der Waals surface area contributed by atoms with Crippen LogP contribution in [0.4, 0.5) is 0 Å². The van der Waals surface area contributed by atoms with E-state index in [0.717, 1.165) is 17.5 Å². The predicted octanol–water partition coefficient (Wildman–Crippen LogP) is 3.32. The van der Waals surface area contributed by atoms with Crippen molar-refractivity contribution in [3.8, 4) is 0 Å². The Hall–Kier alpha value is -1.44. The van der Waals surface area contributed by atoms with Crippen LogP contribution in [-0.2, 0) is 6.42 Å². The molecule has 2 aromatic heterocycles. The topological polar surface area (TPSA) is 25.8 Å². The van der Waals surface area contributed by atoms with Gasteiger partial charge in [-0.3, -0.25) is 0 Å². The molecule has 0 spiro atoms. The molecular weight excluding hydrogens is 184 g/mol. The number of rotatable bonds is 2. The molecule has 15 heavy (non-hydrogen) atoms. The highest BCUT2D eigenvalue weighted by atomic mass is 14.8. The number of aryl methyl sites for hydroxylation is 1. The Labute approximate surface area is 90.4 Å². The van der Waals surface area contributed by atoms with Crippen LogP contribution in [0.5, 0.6) is 0 Å². The van der Waals surface area contributed by atoms with E-state index >= 15 is 0 Å². The number of hydrogen-bond acceptors (Lipinski definition) is 2. The fraction of sp³-hybridized carbons (Fsp3) is 0.385. The molecule has 0 aliphatic heterocycles. The largest absolute Gasteiger partial charge is 0.237 e. The summed E-state index contributed by atoms with van der Waals surface area (Å²) in [5, 5.41) is 1.14. The third-order valence-electron chi connectivity index (χ3n) is 2.63. The summed E-state index contributed by atoms with van der Waals surface area (Å²) in [4.78, 5) is 8.92. The van der Waals surface area contributed by atoms with Gasteiger partial charge in [0.25, 0.3) is 0 Å². The summed E-state index contributed by atoms with van der Waals surface area (Å²) in [5.41, 5.74) is 3.38. The van der Waals surface area contributed by atoms with Gasteiger partial charge in [-0.1, -0.05) is 20.8 Å². The molecule has 2 heterocycles. The summed E-state index contributed by atoms with van der Waals surface area (Å²) >= 11 is 0. The van der Waals surface area contributed by atoms with E-state index in [-0.39, 0.29) is 0 Å². The Morgan fingerprint density at radius 1 is 1.33 bits per heavy atom. The van der Waals surface area contributed by atoms with Gasteiger partial charge in [0.05, 0.1) is 0 Å². The number of pyridine rings is 2. The first kappa shape index (κ1) is 10.1. The van der Waals surface area contributed by atoms with Gasteiger partial charge in [0.15, 0.2) is 5.65 Å². The van der Waals surface area contributed by atoms with Gasteiger partial charge in [-0.25, -0.2) is 9.97 Å². The number of nitrogens with zero attached hydrogens (tertiary/aromatic N) is 2. The lowest BCUT2D eigenvalue weighted by atomic mass is 10.0. The highest BCUT2D eigenvalue weighted by molar-refractivity contribution is 5.75. The second kappa shape index (κ2) is 3.97. The lowest BCUT2D eigenvalue weighted by molar-refractivity contribution is 0.805. The average molecular weight is 200 g/mol. The van der Waals surface area contributed by atoms with Crippen LogP contribution in [0.1, 0.15) is 37.9 Å². The van der Waals surface area contributed by atoms with Gasteiger partial charge in [0.2, 0.25) is 0 Å². The smallest absolute Gasteiger partial charge is 0.159 e. The molecule has 0 saturated heterocycles. The van der Waals surface area contributed by atoms with E-state index in [1.165, 1.54) is 11.3 Å². The molecule has 2 nitrogen and oxygen atoms in total. The lowest BCUT2D eigenvalue weighted by Gasteiger charge is -2.11. The zero-order chi connectivity index (χ0) is 10.8. The predicted molar refractivity (Wildman–Crippen MR) is 63.0 cm³/mol. The van der Waals surface area contributed by atoms with Crippen LogP contribution in [0.3, 0.4) is 0 Å². The van der Waals surface area contributed by atoms with Gasteiger partial charge in [0, 0.05) is 17.3 Å². The third kappa shape index (κ3) is 1.84. The van der Waals surface area contributed by atoms with Crippen molar-refractivity contribution in [2.75, 3.05) is 0 Å². The van der Waals surface area contributed by atoms with Crippen molar-refractivity contribution in [1.29, 1.82) is 0 Å². The van der Waals surface area contributed by atoms with Gasteiger partial charge in [-0.05, 0) is 36.1 Å². The van der Waals surface area contributed by atoms with Crippen LogP contribution in [0.15, 0.2) is 24.4 Å². The first-order valence-corrected chi connectivity index (χ1v) is 5.47. The first-order chi connectivity index (χ1) is 7.22. The number of fused-ring (bicyclic) bond motifs is 1. The molecule has 0 amide bonds. The van der Waals surface area contributed by atoms with E-state index in [4.69, 9.17) is 0 Å². The summed E-state index contributed by atoms with van der Waals surface area (Å²) in [7, 11) is 0. The van der Waals surface area contributed by atoms with E-state index in [0.29, 0.717) is 5.92 Å². The molecule has 0 aliphatic rings. The summed E-state index contributed by atoms with van der Waals surface area (Å²) in [6.45, 7) is 6.53. The molecule has 0 N–H and O–H groups in total. The lowest BCUT2D eigenvalue weighted by Crippen LogP contribution is -2.00. The molecule has 0 unspecified atom stereocenters. The molecule has 0 fully saturated rings. The van der Waals surface area contributed by atoms with Gasteiger partial charge in [-0.2, -0.15) is 0 Å². The highest BCUT2D eigenvalue weighted by Crippen LogP contribution is 2.21. The molecule has 0 bridgehead atoms. The fourth-order valence-corrected chi connectivity index (χ4v) is 1.85. The van der Waals surface area contributed by atoms with Crippen molar-refractivity contribution >= 4 is 11.0 Å². The molecule has 0 atom stereocenters. The van der Waals surface area contributed by atoms with Crippen LogP contribution >= 0.6 is 0 Å². The average Bonchev–Trinajstić information content (AvgIpc) is 2.27. The quantitative estimate of drug-likeness (QED) is 0.743. The molecule has 0 aromatic carbocycles. The maximum absolute atomic E-state index is 4.63. The molecule has 0 radical (unpaired) electrons. The SMILES string of the molecule is CCc1cc2cccnc2nc1C(C)C. The van der Waals surface area contributed by atoms with Gasteiger partial charge >= 0.3 is 0 Å². The molecule has 2 aromatic rings. The normalized spacial score (nSPS) is 11.2. The maximum atomic E-state index is 4.63. The summed E-state index contributed by atoms with van der Waals surface area (Å²) in [5.74, 6) is 0.464. The summed E-state index contributed by atoms with van der Waals surface area (Å²) < 4.78 is 0. The molecule has 2 rings (SSSR count). The van der Waals surface area contributed by atoms with E-state index in [1.807, 2.05) is 6.07 Å². The van der Waals surface area contributed by atoms with Crippen molar-refractivity contribution in [1.82, 2.24) is 9.97 Å². The summed E-state index contributed by atoms with van der Waals surface area (Å²) in [6, 6.07) is 6.24. The zero-order valence-corrected chi connectivity index (χ0v) is 9.49.